The number of benzene rings is 3. The number of phenols is 4. The molecule has 4 atom stereocenters. The first kappa shape index (κ1) is 27.1. The number of fused-ring (bicyclic) bond motifs is 2. The molecule has 0 spiro atoms. The van der Waals surface area contributed by atoms with Crippen molar-refractivity contribution in [1.29, 1.82) is 0 Å². The molecule has 40 heavy (non-hydrogen) atoms. The van der Waals surface area contributed by atoms with Crippen LogP contribution in [0.1, 0.15) is 54.7 Å². The van der Waals surface area contributed by atoms with E-state index < -0.39 is 94.0 Å². The third kappa shape index (κ3) is 3.97. The normalized spacial score (nSPS) is 22.0. The summed E-state index contributed by atoms with van der Waals surface area (Å²) in [5, 5.41) is 73.1. The van der Waals surface area contributed by atoms with Crippen molar-refractivity contribution in [2.75, 3.05) is 6.61 Å². The monoisotopic (exact) mass is 552 g/mol. The first-order valence-corrected chi connectivity index (χ1v) is 12.1. The summed E-state index contributed by atoms with van der Waals surface area (Å²) in [6.07, 6.45) is -6.38. The Hall–Kier alpha value is -4.49. The van der Waals surface area contributed by atoms with Crippen molar-refractivity contribution in [3.8, 4) is 39.9 Å². The minimum Gasteiger partial charge on any atom is -0.507 e. The average Bonchev–Trinajstić information content (AvgIpc) is 2.88. The third-order valence-electron chi connectivity index (χ3n) is 7.02. The zero-order valence-corrected chi connectivity index (χ0v) is 21.1. The molecule has 0 amide bonds. The van der Waals surface area contributed by atoms with Crippen LogP contribution < -0.4 is 4.74 Å². The molecular weight excluding hydrogens is 528 g/mol. The summed E-state index contributed by atoms with van der Waals surface area (Å²) in [7, 11) is 0. The molecule has 12 nitrogen and oxygen atoms in total. The molecule has 7 N–H and O–H groups in total. The molecule has 208 valence electrons. The fourth-order valence-corrected chi connectivity index (χ4v) is 5.13. The number of ether oxygens (including phenoxy) is 2. The van der Waals surface area contributed by atoms with E-state index >= 15 is 0 Å². The first-order chi connectivity index (χ1) is 18.8. The van der Waals surface area contributed by atoms with Gasteiger partial charge in [-0.05, 0) is 31.5 Å². The number of aliphatic hydroxyl groups is 3. The molecule has 0 aromatic heterocycles. The highest BCUT2D eigenvalue weighted by molar-refractivity contribution is 6.32. The van der Waals surface area contributed by atoms with E-state index in [4.69, 9.17) is 9.47 Å². The van der Waals surface area contributed by atoms with Gasteiger partial charge < -0.3 is 45.2 Å². The second-order valence-corrected chi connectivity index (χ2v) is 9.61. The van der Waals surface area contributed by atoms with E-state index in [2.05, 4.69) is 0 Å². The molecule has 12 heteroatoms. The number of hydrogen-bond acceptors (Lipinski definition) is 12. The van der Waals surface area contributed by atoms with E-state index in [1.165, 1.54) is 25.1 Å². The predicted molar refractivity (Wildman–Crippen MR) is 135 cm³/mol. The second kappa shape index (κ2) is 9.61. The van der Waals surface area contributed by atoms with Crippen molar-refractivity contribution >= 4 is 17.3 Å². The topological polar surface area (TPSA) is 211 Å². The molecule has 3 aromatic rings. The number of ketones is 3. The first-order valence-electron chi connectivity index (χ1n) is 12.1. The Bertz CT molecular complexity index is 1610. The van der Waals surface area contributed by atoms with E-state index in [0.29, 0.717) is 0 Å². The van der Waals surface area contributed by atoms with Crippen LogP contribution in [0.4, 0.5) is 0 Å². The van der Waals surface area contributed by atoms with Crippen molar-refractivity contribution < 1.29 is 59.6 Å². The molecule has 0 bridgehead atoms. The number of carbonyl (C=O) groups excluding carboxylic acids is 3. The van der Waals surface area contributed by atoms with Gasteiger partial charge in [0.2, 0.25) is 12.1 Å². The van der Waals surface area contributed by atoms with Crippen molar-refractivity contribution in [3.05, 3.63) is 63.7 Å². The van der Waals surface area contributed by atoms with Gasteiger partial charge in [0, 0.05) is 22.8 Å². The summed E-state index contributed by atoms with van der Waals surface area (Å²) in [5.41, 5.74) is -2.22. The lowest BCUT2D eigenvalue weighted by molar-refractivity contribution is -0.242. The van der Waals surface area contributed by atoms with Crippen LogP contribution in [0.3, 0.4) is 0 Å². The summed E-state index contributed by atoms with van der Waals surface area (Å²) < 4.78 is 10.7. The molecule has 2 aliphatic rings. The quantitative estimate of drug-likeness (QED) is 0.179. The van der Waals surface area contributed by atoms with Crippen LogP contribution in [0.15, 0.2) is 30.3 Å². The van der Waals surface area contributed by atoms with Crippen LogP contribution in [0.25, 0.3) is 11.1 Å². The Morgan fingerprint density at radius 3 is 2.20 bits per heavy atom. The van der Waals surface area contributed by atoms with E-state index in [-0.39, 0.29) is 27.8 Å². The Labute approximate surface area is 225 Å². The lowest BCUT2D eigenvalue weighted by atomic mass is 9.77. The fraction of sp³-hybridized carbons (Fsp3) is 0.250. The molecule has 3 aromatic carbocycles. The Kier molecular flexibility index (Phi) is 6.51. The number of aromatic hydroxyl groups is 4. The average molecular weight is 552 g/mol. The number of phenolic OH excluding ortho intramolecular Hbond substituents is 4. The number of Topliss-reactive ketones (excluding diaryl/α,β-unsaturated/α-hetero) is 1. The molecule has 0 radical (unpaired) electrons. The Morgan fingerprint density at radius 1 is 0.850 bits per heavy atom. The maximum absolute atomic E-state index is 13.7. The molecule has 1 aliphatic carbocycles. The number of rotatable bonds is 4. The molecular formula is C28H24O12. The van der Waals surface area contributed by atoms with E-state index in [0.717, 1.165) is 19.1 Å². The molecule has 0 unspecified atom stereocenters. The van der Waals surface area contributed by atoms with Gasteiger partial charge in [-0.3, -0.25) is 14.4 Å². The summed E-state index contributed by atoms with van der Waals surface area (Å²) in [6.45, 7) is 2.10. The van der Waals surface area contributed by atoms with Crippen molar-refractivity contribution in [1.82, 2.24) is 0 Å². The second-order valence-electron chi connectivity index (χ2n) is 9.61. The molecule has 1 aliphatic heterocycles. The summed E-state index contributed by atoms with van der Waals surface area (Å²) in [4.78, 5) is 39.7. The minimum atomic E-state index is -1.75. The number of aliphatic hydroxyl groups excluding tert-OH is 3. The van der Waals surface area contributed by atoms with Gasteiger partial charge >= 0.3 is 0 Å². The van der Waals surface area contributed by atoms with Gasteiger partial charge in [0.15, 0.2) is 11.6 Å². The lowest BCUT2D eigenvalue weighted by Crippen LogP contribution is -2.54. The van der Waals surface area contributed by atoms with Gasteiger partial charge in [0.1, 0.15) is 52.6 Å². The van der Waals surface area contributed by atoms with Gasteiger partial charge in [-0.2, -0.15) is 0 Å². The zero-order valence-electron chi connectivity index (χ0n) is 21.1. The SMILES string of the molecule is CC(=O)c1c(O[C@@H]2OC[C@@H](O)[C@H](O)[C@@H]2O)cc(O)c(-c2c(C)cc(O)c3c2C(=O)c2cccc(O)c2C3=O)c1O. The van der Waals surface area contributed by atoms with Crippen LogP contribution in [-0.4, -0.2) is 84.3 Å². The van der Waals surface area contributed by atoms with E-state index in [9.17, 15) is 50.1 Å². The van der Waals surface area contributed by atoms with E-state index in [1.807, 2.05) is 0 Å². The minimum absolute atomic E-state index is 0.151. The highest BCUT2D eigenvalue weighted by Crippen LogP contribution is 2.50. The Morgan fingerprint density at radius 2 is 1.52 bits per heavy atom. The predicted octanol–water partition coefficient (Wildman–Crippen LogP) is 1.28. The molecule has 1 saturated heterocycles. The highest BCUT2D eigenvalue weighted by Gasteiger charge is 2.41. The number of hydrogen-bond donors (Lipinski definition) is 7. The van der Waals surface area contributed by atoms with E-state index in [1.54, 1.807) is 0 Å². The maximum Gasteiger partial charge on any atom is 0.228 e. The van der Waals surface area contributed by atoms with Crippen LogP contribution in [0.2, 0.25) is 0 Å². The van der Waals surface area contributed by atoms with Crippen molar-refractivity contribution in [3.63, 3.8) is 0 Å². The molecule has 5 rings (SSSR count). The highest BCUT2D eigenvalue weighted by atomic mass is 16.7. The fourth-order valence-electron chi connectivity index (χ4n) is 5.13. The van der Waals surface area contributed by atoms with Gasteiger partial charge in [-0.25, -0.2) is 0 Å². The van der Waals surface area contributed by atoms with Crippen LogP contribution >= 0.6 is 0 Å². The van der Waals surface area contributed by atoms with Crippen molar-refractivity contribution in [2.24, 2.45) is 0 Å². The number of carbonyl (C=O) groups is 3. The van der Waals surface area contributed by atoms with Crippen LogP contribution in [-0.2, 0) is 4.74 Å². The van der Waals surface area contributed by atoms with Gasteiger partial charge in [-0.1, -0.05) is 12.1 Å². The van der Waals surface area contributed by atoms with Gasteiger partial charge in [0.25, 0.3) is 0 Å². The Balaban J connectivity index is 1.72. The molecule has 0 saturated carbocycles. The summed E-state index contributed by atoms with van der Waals surface area (Å²) >= 11 is 0. The molecule has 1 heterocycles. The number of aryl methyl sites for hydroxylation is 1. The maximum atomic E-state index is 13.7. The summed E-state index contributed by atoms with van der Waals surface area (Å²) in [6, 6.07) is 5.93. The zero-order chi connectivity index (χ0) is 29.2. The lowest BCUT2D eigenvalue weighted by Gasteiger charge is -2.35. The molecule has 1 fully saturated rings. The van der Waals surface area contributed by atoms with Crippen LogP contribution in [0.5, 0.6) is 28.7 Å². The largest absolute Gasteiger partial charge is 0.507 e. The summed E-state index contributed by atoms with van der Waals surface area (Å²) in [5.74, 6) is -5.45. The standard InChI is InChI=1S/C28H24O12/c1-9-6-13(31)21-22(23(34)11-4-3-5-12(30)19(11)26(21)37)17(9)20-14(32)7-16(18(10(2)29)25(20)36)40-28-27(38)24(35)15(33)8-39-28/h3-7,15,24,27-28,30-33,35-36,38H,8H2,1-2H3/t15-,24+,27+,28+/m1/s1. The van der Waals surface area contributed by atoms with Crippen molar-refractivity contribution in [2.45, 2.75) is 38.4 Å². The van der Waals surface area contributed by atoms with Gasteiger partial charge in [-0.15, -0.1) is 0 Å². The van der Waals surface area contributed by atoms with Gasteiger partial charge in [0.05, 0.1) is 23.3 Å². The third-order valence-corrected chi connectivity index (χ3v) is 7.02. The van der Waals surface area contributed by atoms with Crippen LogP contribution in [0, 0.1) is 6.92 Å². The smallest absolute Gasteiger partial charge is 0.228 e.